The van der Waals surface area contributed by atoms with Crippen molar-refractivity contribution in [2.24, 2.45) is 0 Å². The van der Waals surface area contributed by atoms with Gasteiger partial charge in [0.05, 0.1) is 6.20 Å². The molecule has 1 saturated heterocycles. The van der Waals surface area contributed by atoms with Gasteiger partial charge in [-0.25, -0.2) is 4.98 Å². The molecule has 7 heteroatoms. The average molecular weight is 338 g/mol. The van der Waals surface area contributed by atoms with E-state index in [4.69, 9.17) is 0 Å². The quantitative estimate of drug-likeness (QED) is 0.619. The lowest BCUT2D eigenvalue weighted by atomic mass is 10.1. The molecule has 1 aliphatic rings. The highest BCUT2D eigenvalue weighted by molar-refractivity contribution is 5.94. The van der Waals surface area contributed by atoms with Crippen LogP contribution in [0.4, 0.5) is 5.82 Å². The predicted molar refractivity (Wildman–Crippen MR) is 95.8 cm³/mol. The molecule has 3 rings (SSSR count). The fraction of sp³-hybridized carbons (Fsp3) is 0.222. The molecule has 0 bridgehead atoms. The number of benzene rings is 1. The number of imidazole rings is 1. The summed E-state index contributed by atoms with van der Waals surface area (Å²) in [6.45, 7) is 5.22. The summed E-state index contributed by atoms with van der Waals surface area (Å²) >= 11 is 0. The first-order valence-electron chi connectivity index (χ1n) is 8.02. The van der Waals surface area contributed by atoms with Crippen LogP contribution in [0, 0.1) is 10.1 Å². The summed E-state index contributed by atoms with van der Waals surface area (Å²) in [5.74, 6) is 0.339. The molecule has 0 aliphatic carbocycles. The summed E-state index contributed by atoms with van der Waals surface area (Å²) in [6.07, 6.45) is 8.13. The number of nitrogens with zero attached hydrogens (tertiary/aromatic N) is 4. The minimum Gasteiger partial charge on any atom is -0.358 e. The number of rotatable bonds is 5. The normalized spacial score (nSPS) is 14.2. The van der Waals surface area contributed by atoms with E-state index in [1.54, 1.807) is 24.3 Å². The minimum absolute atomic E-state index is 0.0610. The van der Waals surface area contributed by atoms with Gasteiger partial charge in [-0.15, -0.1) is 0 Å². The third-order valence-electron chi connectivity index (χ3n) is 4.15. The van der Waals surface area contributed by atoms with Gasteiger partial charge < -0.3 is 15.0 Å². The second-order valence-corrected chi connectivity index (χ2v) is 5.74. The second kappa shape index (κ2) is 7.12. The summed E-state index contributed by atoms with van der Waals surface area (Å²) in [7, 11) is 0. The molecule has 0 atom stereocenters. The number of amides is 1. The summed E-state index contributed by atoms with van der Waals surface area (Å²) in [4.78, 5) is 28.6. The maximum Gasteiger partial charge on any atom is 0.347 e. The number of nitro groups is 1. The Hall–Kier alpha value is -3.22. The van der Waals surface area contributed by atoms with E-state index in [9.17, 15) is 14.9 Å². The number of hydrogen-bond donors (Lipinski definition) is 0. The van der Waals surface area contributed by atoms with Gasteiger partial charge in [-0.2, -0.15) is 4.57 Å². The van der Waals surface area contributed by atoms with Crippen molar-refractivity contribution >= 4 is 30.1 Å². The van der Waals surface area contributed by atoms with Crippen molar-refractivity contribution in [3.63, 3.8) is 0 Å². The molecule has 0 N–H and O–H groups in total. The summed E-state index contributed by atoms with van der Waals surface area (Å²) in [5, 5.41) is 10.9. The third-order valence-corrected chi connectivity index (χ3v) is 4.15. The van der Waals surface area contributed by atoms with Gasteiger partial charge in [0.1, 0.15) is 6.20 Å². The topological polar surface area (TPSA) is 81.3 Å². The van der Waals surface area contributed by atoms with Crippen LogP contribution in [0.1, 0.15) is 34.6 Å². The number of carbonyl (C=O) groups is 1. The standard InChI is InChI=1S/C18H18N4O3/c1-2-21-16(19-13-17(21)22(24)25)10-7-14-5-8-15(9-6-14)18(23)20-11-3-4-12-20/h2,5-10,13H,1,3-4,11-12H2. The van der Waals surface area contributed by atoms with Gasteiger partial charge in [0.2, 0.25) is 5.82 Å². The van der Waals surface area contributed by atoms with Crippen LogP contribution in [0.2, 0.25) is 0 Å². The monoisotopic (exact) mass is 338 g/mol. The lowest BCUT2D eigenvalue weighted by Crippen LogP contribution is -2.27. The van der Waals surface area contributed by atoms with Crippen LogP contribution >= 0.6 is 0 Å². The van der Waals surface area contributed by atoms with E-state index in [1.807, 2.05) is 17.0 Å². The van der Waals surface area contributed by atoms with Gasteiger partial charge in [0.15, 0.2) is 0 Å². The van der Waals surface area contributed by atoms with Crippen molar-refractivity contribution in [1.82, 2.24) is 14.5 Å². The van der Waals surface area contributed by atoms with E-state index in [0.717, 1.165) is 31.5 Å². The summed E-state index contributed by atoms with van der Waals surface area (Å²) < 4.78 is 1.31. The van der Waals surface area contributed by atoms with Crippen molar-refractivity contribution in [1.29, 1.82) is 0 Å². The van der Waals surface area contributed by atoms with Crippen molar-refractivity contribution in [3.05, 3.63) is 64.1 Å². The second-order valence-electron chi connectivity index (χ2n) is 5.74. The molecular weight excluding hydrogens is 320 g/mol. The highest BCUT2D eigenvalue weighted by Gasteiger charge is 2.19. The zero-order valence-electron chi connectivity index (χ0n) is 13.7. The third kappa shape index (κ3) is 3.50. The molecule has 1 aromatic heterocycles. The van der Waals surface area contributed by atoms with Crippen LogP contribution in [0.3, 0.4) is 0 Å². The van der Waals surface area contributed by atoms with Gasteiger partial charge in [-0.3, -0.25) is 4.79 Å². The van der Waals surface area contributed by atoms with Crippen LogP contribution in [-0.2, 0) is 0 Å². The fourth-order valence-corrected chi connectivity index (χ4v) is 2.82. The zero-order chi connectivity index (χ0) is 17.8. The predicted octanol–water partition coefficient (Wildman–Crippen LogP) is 3.30. The first kappa shape index (κ1) is 16.6. The van der Waals surface area contributed by atoms with Crippen LogP contribution in [0.5, 0.6) is 0 Å². The van der Waals surface area contributed by atoms with Gasteiger partial charge in [-0.1, -0.05) is 18.7 Å². The number of hydrogen-bond acceptors (Lipinski definition) is 4. The van der Waals surface area contributed by atoms with E-state index in [-0.39, 0.29) is 11.7 Å². The van der Waals surface area contributed by atoms with E-state index < -0.39 is 4.92 Å². The Bertz CT molecular complexity index is 831. The van der Waals surface area contributed by atoms with Crippen LogP contribution in [0.15, 0.2) is 37.0 Å². The number of likely N-dealkylation sites (tertiary alicyclic amines) is 1. The lowest BCUT2D eigenvalue weighted by Gasteiger charge is -2.15. The van der Waals surface area contributed by atoms with Crippen molar-refractivity contribution in [2.75, 3.05) is 13.1 Å². The van der Waals surface area contributed by atoms with Crippen molar-refractivity contribution in [3.8, 4) is 0 Å². The van der Waals surface area contributed by atoms with Crippen LogP contribution in [-0.4, -0.2) is 38.4 Å². The molecule has 1 aliphatic heterocycles. The molecule has 1 fully saturated rings. The van der Waals surface area contributed by atoms with Gasteiger partial charge in [0, 0.05) is 24.7 Å². The highest BCUT2D eigenvalue weighted by atomic mass is 16.6. The zero-order valence-corrected chi connectivity index (χ0v) is 13.7. The molecule has 1 amide bonds. The lowest BCUT2D eigenvalue weighted by molar-refractivity contribution is -0.390. The average Bonchev–Trinajstić information content (AvgIpc) is 3.29. The Balaban J connectivity index is 1.75. The molecule has 0 radical (unpaired) electrons. The molecule has 25 heavy (non-hydrogen) atoms. The van der Waals surface area contributed by atoms with E-state index in [0.29, 0.717) is 11.4 Å². The molecule has 7 nitrogen and oxygen atoms in total. The number of aromatic nitrogens is 2. The highest BCUT2D eigenvalue weighted by Crippen LogP contribution is 2.18. The molecule has 2 aromatic rings. The largest absolute Gasteiger partial charge is 0.358 e. The smallest absolute Gasteiger partial charge is 0.347 e. The maximum absolute atomic E-state index is 12.3. The minimum atomic E-state index is -0.509. The molecule has 128 valence electrons. The number of carbonyl (C=O) groups excluding carboxylic acids is 1. The Labute approximate surface area is 145 Å². The first-order chi connectivity index (χ1) is 12.1. The fourth-order valence-electron chi connectivity index (χ4n) is 2.82. The molecule has 1 aromatic carbocycles. The Morgan fingerprint density at radius 3 is 2.48 bits per heavy atom. The van der Waals surface area contributed by atoms with Gasteiger partial charge >= 0.3 is 5.82 Å². The SMILES string of the molecule is C=Cn1c([N+](=O)[O-])cnc1C=Cc1ccc(C(=O)N2CCCC2)cc1. The molecular formula is C18H18N4O3. The summed E-state index contributed by atoms with van der Waals surface area (Å²) in [6, 6.07) is 7.27. The summed E-state index contributed by atoms with van der Waals surface area (Å²) in [5.41, 5.74) is 1.54. The molecule has 0 spiro atoms. The van der Waals surface area contributed by atoms with Crippen molar-refractivity contribution < 1.29 is 9.72 Å². The molecule has 2 heterocycles. The van der Waals surface area contributed by atoms with Crippen molar-refractivity contribution in [2.45, 2.75) is 12.8 Å². The Morgan fingerprint density at radius 2 is 1.88 bits per heavy atom. The first-order valence-corrected chi connectivity index (χ1v) is 8.02. The van der Waals surface area contributed by atoms with Crippen LogP contribution in [0.25, 0.3) is 18.4 Å². The van der Waals surface area contributed by atoms with E-state index in [1.165, 1.54) is 17.0 Å². The van der Waals surface area contributed by atoms with E-state index in [2.05, 4.69) is 11.6 Å². The van der Waals surface area contributed by atoms with E-state index >= 15 is 0 Å². The Kier molecular flexibility index (Phi) is 4.74. The Morgan fingerprint density at radius 1 is 1.20 bits per heavy atom. The van der Waals surface area contributed by atoms with Crippen LogP contribution < -0.4 is 0 Å². The van der Waals surface area contributed by atoms with Gasteiger partial charge in [0.25, 0.3) is 5.91 Å². The van der Waals surface area contributed by atoms with Gasteiger partial charge in [-0.05, 0) is 41.5 Å². The molecule has 0 saturated carbocycles. The maximum atomic E-state index is 12.3. The molecule has 0 unspecified atom stereocenters.